The minimum Gasteiger partial charge on any atom is -0.482 e. The number of benzene rings is 1. The monoisotopic (exact) mass is 447 g/mol. The Labute approximate surface area is 188 Å². The fraction of sp³-hybridized carbons (Fsp3) is 0.609. The number of anilines is 1. The van der Waals surface area contributed by atoms with Gasteiger partial charge in [-0.2, -0.15) is 0 Å². The summed E-state index contributed by atoms with van der Waals surface area (Å²) >= 11 is 0. The number of amides is 2. The minimum absolute atomic E-state index is 0.0475. The van der Waals surface area contributed by atoms with Gasteiger partial charge in [-0.05, 0) is 56.9 Å². The summed E-state index contributed by atoms with van der Waals surface area (Å²) in [6, 6.07) is 7.37. The first kappa shape index (κ1) is 23.7. The van der Waals surface area contributed by atoms with Gasteiger partial charge in [0.15, 0.2) is 6.61 Å². The van der Waals surface area contributed by atoms with Crippen molar-refractivity contribution in [1.82, 2.24) is 9.80 Å². The number of piperidine rings is 1. The first-order chi connectivity index (χ1) is 15.3. The van der Waals surface area contributed by atoms with E-state index in [9.17, 15) is 19.5 Å². The summed E-state index contributed by atoms with van der Waals surface area (Å²) in [6.07, 6.45) is 2.70. The molecule has 2 saturated heterocycles. The number of nitrogens with zero attached hydrogens (tertiary/aromatic N) is 3. The van der Waals surface area contributed by atoms with E-state index in [1.807, 2.05) is 24.1 Å². The van der Waals surface area contributed by atoms with Crippen molar-refractivity contribution in [3.8, 4) is 5.75 Å². The molecule has 1 spiro atoms. The van der Waals surface area contributed by atoms with Crippen molar-refractivity contribution in [2.24, 2.45) is 0 Å². The third kappa shape index (κ3) is 4.61. The highest BCUT2D eigenvalue weighted by molar-refractivity contribution is 5.94. The SMILES string of the molecule is CCCCC1N(C)C(=O)C2(CCN(C(=O)O)CC2)N1c1ccc(OCC(=O)OCC)cc1. The van der Waals surface area contributed by atoms with Gasteiger partial charge < -0.3 is 29.3 Å². The molecule has 32 heavy (non-hydrogen) atoms. The van der Waals surface area contributed by atoms with Gasteiger partial charge >= 0.3 is 12.1 Å². The van der Waals surface area contributed by atoms with Gasteiger partial charge in [0, 0.05) is 25.8 Å². The maximum absolute atomic E-state index is 13.5. The van der Waals surface area contributed by atoms with Crippen molar-refractivity contribution in [3.05, 3.63) is 24.3 Å². The summed E-state index contributed by atoms with van der Waals surface area (Å²) in [7, 11) is 1.84. The fourth-order valence-electron chi connectivity index (χ4n) is 4.72. The van der Waals surface area contributed by atoms with Crippen LogP contribution in [0.2, 0.25) is 0 Å². The maximum atomic E-state index is 13.5. The number of hydrogen-bond donors (Lipinski definition) is 1. The number of hydrogen-bond acceptors (Lipinski definition) is 6. The van der Waals surface area contributed by atoms with Crippen LogP contribution in [-0.4, -0.2) is 77.9 Å². The van der Waals surface area contributed by atoms with Gasteiger partial charge in [-0.1, -0.05) is 13.3 Å². The first-order valence-corrected chi connectivity index (χ1v) is 11.3. The highest BCUT2D eigenvalue weighted by Crippen LogP contribution is 2.43. The smallest absolute Gasteiger partial charge is 0.407 e. The molecule has 0 radical (unpaired) electrons. The summed E-state index contributed by atoms with van der Waals surface area (Å²) in [6.45, 7) is 4.66. The Morgan fingerprint density at radius 2 is 1.81 bits per heavy atom. The first-order valence-electron chi connectivity index (χ1n) is 11.3. The molecule has 1 N–H and O–H groups in total. The average molecular weight is 448 g/mol. The largest absolute Gasteiger partial charge is 0.482 e. The van der Waals surface area contributed by atoms with Gasteiger partial charge in [-0.15, -0.1) is 0 Å². The molecule has 9 heteroatoms. The van der Waals surface area contributed by atoms with Gasteiger partial charge in [-0.25, -0.2) is 9.59 Å². The Balaban J connectivity index is 1.85. The van der Waals surface area contributed by atoms with Crippen LogP contribution in [0.5, 0.6) is 5.75 Å². The van der Waals surface area contributed by atoms with Crippen LogP contribution in [0, 0.1) is 0 Å². The van der Waals surface area contributed by atoms with E-state index in [2.05, 4.69) is 11.8 Å². The van der Waals surface area contributed by atoms with E-state index in [1.54, 1.807) is 19.1 Å². The van der Waals surface area contributed by atoms with Crippen molar-refractivity contribution in [1.29, 1.82) is 0 Å². The predicted molar refractivity (Wildman–Crippen MR) is 119 cm³/mol. The Morgan fingerprint density at radius 1 is 1.16 bits per heavy atom. The predicted octanol–water partition coefficient (Wildman–Crippen LogP) is 2.94. The molecule has 9 nitrogen and oxygen atoms in total. The van der Waals surface area contributed by atoms with Crippen LogP contribution in [0.15, 0.2) is 24.3 Å². The zero-order chi connectivity index (χ0) is 23.3. The number of rotatable bonds is 8. The molecular weight excluding hydrogens is 414 g/mol. The summed E-state index contributed by atoms with van der Waals surface area (Å²) in [5, 5.41) is 9.36. The van der Waals surface area contributed by atoms with Crippen molar-refractivity contribution in [2.45, 2.75) is 57.7 Å². The minimum atomic E-state index is -0.948. The number of esters is 1. The van der Waals surface area contributed by atoms with Crippen molar-refractivity contribution >= 4 is 23.7 Å². The lowest BCUT2D eigenvalue weighted by molar-refractivity contribution is -0.145. The standard InChI is InChI=1S/C23H33N3O6/c1-4-6-7-19-24(3)21(28)23(12-14-25(15-13-23)22(29)30)26(19)17-8-10-18(11-9-17)32-16-20(27)31-5-2/h8-11,19H,4-7,12-16H2,1-3H3,(H,29,30). The molecule has 0 saturated carbocycles. The molecule has 2 aliphatic heterocycles. The van der Waals surface area contributed by atoms with Crippen LogP contribution >= 0.6 is 0 Å². The van der Waals surface area contributed by atoms with Crippen LogP contribution in [-0.2, 0) is 14.3 Å². The van der Waals surface area contributed by atoms with Gasteiger partial charge in [0.1, 0.15) is 17.5 Å². The summed E-state index contributed by atoms with van der Waals surface area (Å²) in [4.78, 5) is 41.8. The lowest BCUT2D eigenvalue weighted by Gasteiger charge is -2.44. The van der Waals surface area contributed by atoms with E-state index in [0.717, 1.165) is 24.9 Å². The molecule has 1 aromatic carbocycles. The molecule has 2 amide bonds. The second-order valence-corrected chi connectivity index (χ2v) is 8.30. The molecule has 1 unspecified atom stereocenters. The molecule has 2 heterocycles. The van der Waals surface area contributed by atoms with Crippen LogP contribution in [0.4, 0.5) is 10.5 Å². The van der Waals surface area contributed by atoms with Gasteiger partial charge in [0.05, 0.1) is 6.61 Å². The second kappa shape index (κ2) is 10.1. The van der Waals surface area contributed by atoms with Crippen LogP contribution in [0.25, 0.3) is 0 Å². The van der Waals surface area contributed by atoms with Crippen LogP contribution in [0.3, 0.4) is 0 Å². The number of carbonyl (C=O) groups is 3. The van der Waals surface area contributed by atoms with E-state index < -0.39 is 17.6 Å². The number of carbonyl (C=O) groups excluding carboxylic acids is 2. The number of ether oxygens (including phenoxy) is 2. The molecule has 2 fully saturated rings. The summed E-state index contributed by atoms with van der Waals surface area (Å²) in [5.41, 5.74) is 0.128. The summed E-state index contributed by atoms with van der Waals surface area (Å²) < 4.78 is 10.4. The number of likely N-dealkylation sites (N-methyl/N-ethyl adjacent to an activating group) is 1. The molecule has 0 aromatic heterocycles. The second-order valence-electron chi connectivity index (χ2n) is 8.30. The number of carboxylic acid groups (broad SMARTS) is 1. The molecule has 1 aromatic rings. The molecule has 3 rings (SSSR count). The molecule has 1 atom stereocenters. The third-order valence-electron chi connectivity index (χ3n) is 6.38. The maximum Gasteiger partial charge on any atom is 0.407 e. The van der Waals surface area contributed by atoms with Crippen LogP contribution in [0.1, 0.15) is 46.0 Å². The van der Waals surface area contributed by atoms with E-state index in [0.29, 0.717) is 38.3 Å². The lowest BCUT2D eigenvalue weighted by atomic mass is 9.85. The highest BCUT2D eigenvalue weighted by Gasteiger charge is 2.57. The number of likely N-dealkylation sites (tertiary alicyclic amines) is 1. The normalized spacial score (nSPS) is 20.0. The van der Waals surface area contributed by atoms with Gasteiger partial charge in [0.25, 0.3) is 0 Å². The van der Waals surface area contributed by atoms with Gasteiger partial charge in [-0.3, -0.25) is 4.79 Å². The molecule has 0 aliphatic carbocycles. The fourth-order valence-corrected chi connectivity index (χ4v) is 4.72. The highest BCUT2D eigenvalue weighted by atomic mass is 16.6. The molecule has 0 bridgehead atoms. The quantitative estimate of drug-likeness (QED) is 0.612. The molecular formula is C23H33N3O6. The molecule has 176 valence electrons. The Morgan fingerprint density at radius 3 is 2.38 bits per heavy atom. The van der Waals surface area contributed by atoms with Crippen molar-refractivity contribution in [3.63, 3.8) is 0 Å². The Bertz CT molecular complexity index is 820. The lowest BCUT2D eigenvalue weighted by Crippen LogP contribution is -2.58. The number of unbranched alkanes of at least 4 members (excludes halogenated alkanes) is 1. The van der Waals surface area contributed by atoms with E-state index >= 15 is 0 Å². The average Bonchev–Trinajstić information content (AvgIpc) is 2.98. The van der Waals surface area contributed by atoms with E-state index in [1.165, 1.54) is 4.90 Å². The van der Waals surface area contributed by atoms with Gasteiger partial charge in [0.2, 0.25) is 5.91 Å². The summed E-state index contributed by atoms with van der Waals surface area (Å²) in [5.74, 6) is 0.166. The molecule has 2 aliphatic rings. The Kier molecular flexibility index (Phi) is 7.48. The zero-order valence-electron chi connectivity index (χ0n) is 19.1. The van der Waals surface area contributed by atoms with E-state index in [-0.39, 0.29) is 18.7 Å². The third-order valence-corrected chi connectivity index (χ3v) is 6.38. The van der Waals surface area contributed by atoms with Crippen molar-refractivity contribution < 1.29 is 29.0 Å². The van der Waals surface area contributed by atoms with E-state index in [4.69, 9.17) is 9.47 Å². The van der Waals surface area contributed by atoms with Crippen LogP contribution < -0.4 is 9.64 Å². The topological polar surface area (TPSA) is 99.6 Å². The Hall–Kier alpha value is -2.97. The van der Waals surface area contributed by atoms with Crippen molar-refractivity contribution in [2.75, 3.05) is 38.3 Å². The zero-order valence-corrected chi connectivity index (χ0v) is 19.1.